The number of amides is 1. The average molecular weight is 265 g/mol. The Balaban J connectivity index is 2.02. The number of nitrogens with zero attached hydrogens (tertiary/aromatic N) is 1. The fraction of sp³-hybridized carbons (Fsp3) is 0.0769. The molecule has 1 aromatic carbocycles. The van der Waals surface area contributed by atoms with Gasteiger partial charge in [0.2, 0.25) is 0 Å². The minimum absolute atomic E-state index is 0.224. The lowest BCUT2D eigenvalue weighted by atomic mass is 10.2. The SMILES string of the molecule is O=C(NCc1ccc(F)cc1Cl)c1ccncc1. The summed E-state index contributed by atoms with van der Waals surface area (Å²) in [6, 6.07) is 7.29. The van der Waals surface area contributed by atoms with Crippen LogP contribution in [0.25, 0.3) is 0 Å². The number of nitrogens with one attached hydrogen (secondary N) is 1. The molecule has 0 fully saturated rings. The van der Waals surface area contributed by atoms with Gasteiger partial charge >= 0.3 is 0 Å². The normalized spacial score (nSPS) is 10.1. The molecular formula is C13H10ClFN2O. The number of hydrogen-bond acceptors (Lipinski definition) is 2. The summed E-state index contributed by atoms with van der Waals surface area (Å²) in [5.74, 6) is -0.623. The third-order valence-corrected chi connectivity index (χ3v) is 2.75. The lowest BCUT2D eigenvalue weighted by molar-refractivity contribution is 0.0951. The van der Waals surface area contributed by atoms with Gasteiger partial charge < -0.3 is 5.32 Å². The van der Waals surface area contributed by atoms with Gasteiger partial charge in [-0.1, -0.05) is 17.7 Å². The van der Waals surface area contributed by atoms with E-state index in [1.807, 2.05) is 0 Å². The highest BCUT2D eigenvalue weighted by Crippen LogP contribution is 2.16. The van der Waals surface area contributed by atoms with Gasteiger partial charge in [-0.2, -0.15) is 0 Å². The topological polar surface area (TPSA) is 42.0 Å². The fourth-order valence-electron chi connectivity index (χ4n) is 1.45. The molecule has 0 aliphatic heterocycles. The average Bonchev–Trinajstić information content (AvgIpc) is 2.38. The van der Waals surface area contributed by atoms with Crippen molar-refractivity contribution >= 4 is 17.5 Å². The third kappa shape index (κ3) is 3.05. The van der Waals surface area contributed by atoms with Gasteiger partial charge in [-0.3, -0.25) is 9.78 Å². The molecule has 1 N–H and O–H groups in total. The van der Waals surface area contributed by atoms with Gasteiger partial charge in [-0.15, -0.1) is 0 Å². The number of halogens is 2. The van der Waals surface area contributed by atoms with E-state index in [-0.39, 0.29) is 12.5 Å². The molecule has 3 nitrogen and oxygen atoms in total. The number of carbonyl (C=O) groups is 1. The Bertz CT molecular complexity index is 560. The second kappa shape index (κ2) is 5.60. The standard InChI is InChI=1S/C13H10ClFN2O/c14-12-7-11(15)2-1-10(12)8-17-13(18)9-3-5-16-6-4-9/h1-7H,8H2,(H,17,18). The van der Waals surface area contributed by atoms with Gasteiger partial charge in [0, 0.05) is 29.5 Å². The van der Waals surface area contributed by atoms with Gasteiger partial charge in [0.05, 0.1) is 0 Å². The van der Waals surface area contributed by atoms with Gasteiger partial charge in [-0.25, -0.2) is 4.39 Å². The van der Waals surface area contributed by atoms with Crippen LogP contribution in [0, 0.1) is 5.82 Å². The Morgan fingerprint density at radius 1 is 1.28 bits per heavy atom. The van der Waals surface area contributed by atoms with Crippen molar-refractivity contribution in [3.8, 4) is 0 Å². The molecule has 0 spiro atoms. The summed E-state index contributed by atoms with van der Waals surface area (Å²) in [7, 11) is 0. The van der Waals surface area contributed by atoms with E-state index in [0.29, 0.717) is 16.1 Å². The summed E-state index contributed by atoms with van der Waals surface area (Å²) < 4.78 is 12.8. The zero-order chi connectivity index (χ0) is 13.0. The van der Waals surface area contributed by atoms with Gasteiger partial charge in [0.1, 0.15) is 5.82 Å². The van der Waals surface area contributed by atoms with E-state index in [1.54, 1.807) is 30.6 Å². The number of benzene rings is 1. The molecule has 0 aliphatic carbocycles. The van der Waals surface area contributed by atoms with Crippen LogP contribution in [-0.2, 0) is 6.54 Å². The fourth-order valence-corrected chi connectivity index (χ4v) is 1.68. The maximum absolute atomic E-state index is 12.8. The minimum Gasteiger partial charge on any atom is -0.348 e. The molecule has 1 heterocycles. The molecule has 0 saturated carbocycles. The molecular weight excluding hydrogens is 255 g/mol. The van der Waals surface area contributed by atoms with Crippen LogP contribution in [0.4, 0.5) is 4.39 Å². The van der Waals surface area contributed by atoms with Crippen molar-refractivity contribution in [3.05, 3.63) is 64.7 Å². The first-order valence-corrected chi connectivity index (χ1v) is 5.67. The monoisotopic (exact) mass is 264 g/mol. The van der Waals surface area contributed by atoms with Crippen LogP contribution in [0.2, 0.25) is 5.02 Å². The molecule has 0 radical (unpaired) electrons. The summed E-state index contributed by atoms with van der Waals surface area (Å²) in [6.45, 7) is 0.250. The molecule has 92 valence electrons. The van der Waals surface area contributed by atoms with Crippen molar-refractivity contribution < 1.29 is 9.18 Å². The minimum atomic E-state index is -0.399. The Kier molecular flexibility index (Phi) is 3.89. The first-order chi connectivity index (χ1) is 8.66. The van der Waals surface area contributed by atoms with Crippen molar-refractivity contribution in [2.45, 2.75) is 6.54 Å². The lowest BCUT2D eigenvalue weighted by Crippen LogP contribution is -2.22. The lowest BCUT2D eigenvalue weighted by Gasteiger charge is -2.07. The number of rotatable bonds is 3. The molecule has 0 atom stereocenters. The predicted octanol–water partition coefficient (Wildman–Crippen LogP) is 2.80. The highest BCUT2D eigenvalue weighted by molar-refractivity contribution is 6.31. The first-order valence-electron chi connectivity index (χ1n) is 5.29. The number of carbonyl (C=O) groups excluding carboxylic acids is 1. The van der Waals surface area contributed by atoms with E-state index in [4.69, 9.17) is 11.6 Å². The van der Waals surface area contributed by atoms with E-state index in [0.717, 1.165) is 0 Å². The highest BCUT2D eigenvalue weighted by Gasteiger charge is 2.06. The molecule has 1 amide bonds. The molecule has 2 aromatic rings. The van der Waals surface area contributed by atoms with Gasteiger partial charge in [-0.05, 0) is 29.8 Å². The van der Waals surface area contributed by atoms with Gasteiger partial charge in [0.25, 0.3) is 5.91 Å². The van der Waals surface area contributed by atoms with E-state index in [2.05, 4.69) is 10.3 Å². The summed E-state index contributed by atoms with van der Waals surface area (Å²) in [6.07, 6.45) is 3.08. The van der Waals surface area contributed by atoms with Crippen molar-refractivity contribution in [3.63, 3.8) is 0 Å². The van der Waals surface area contributed by atoms with Crippen LogP contribution in [0.3, 0.4) is 0 Å². The number of aromatic nitrogens is 1. The quantitative estimate of drug-likeness (QED) is 0.926. The Hall–Kier alpha value is -1.94. The zero-order valence-electron chi connectivity index (χ0n) is 9.36. The Morgan fingerprint density at radius 2 is 2.00 bits per heavy atom. The zero-order valence-corrected chi connectivity index (χ0v) is 10.1. The molecule has 18 heavy (non-hydrogen) atoms. The predicted molar refractivity (Wildman–Crippen MR) is 66.8 cm³/mol. The smallest absolute Gasteiger partial charge is 0.251 e. The van der Waals surface area contributed by atoms with E-state index in [9.17, 15) is 9.18 Å². The molecule has 1 aromatic heterocycles. The third-order valence-electron chi connectivity index (χ3n) is 2.40. The summed E-state index contributed by atoms with van der Waals surface area (Å²) in [5, 5.41) is 3.00. The van der Waals surface area contributed by atoms with Crippen molar-refractivity contribution in [1.29, 1.82) is 0 Å². The molecule has 0 saturated heterocycles. The second-order valence-corrected chi connectivity index (χ2v) is 4.06. The molecule has 0 unspecified atom stereocenters. The van der Waals surface area contributed by atoms with E-state index >= 15 is 0 Å². The Labute approximate surface area is 109 Å². The molecule has 2 rings (SSSR count). The van der Waals surface area contributed by atoms with Crippen LogP contribution < -0.4 is 5.32 Å². The molecule has 0 aliphatic rings. The molecule has 5 heteroatoms. The van der Waals surface area contributed by atoms with Crippen LogP contribution in [0.5, 0.6) is 0 Å². The summed E-state index contributed by atoms with van der Waals surface area (Å²) in [4.78, 5) is 15.6. The van der Waals surface area contributed by atoms with Gasteiger partial charge in [0.15, 0.2) is 0 Å². The van der Waals surface area contributed by atoms with Crippen LogP contribution in [0.1, 0.15) is 15.9 Å². The maximum Gasteiger partial charge on any atom is 0.251 e. The van der Waals surface area contributed by atoms with E-state index < -0.39 is 5.82 Å². The van der Waals surface area contributed by atoms with E-state index in [1.165, 1.54) is 12.1 Å². The number of hydrogen-bond donors (Lipinski definition) is 1. The highest BCUT2D eigenvalue weighted by atomic mass is 35.5. The summed E-state index contributed by atoms with van der Waals surface area (Å²) in [5.41, 5.74) is 1.18. The summed E-state index contributed by atoms with van der Waals surface area (Å²) >= 11 is 5.86. The molecule has 0 bridgehead atoms. The maximum atomic E-state index is 12.8. The van der Waals surface area contributed by atoms with Crippen molar-refractivity contribution in [1.82, 2.24) is 10.3 Å². The Morgan fingerprint density at radius 3 is 2.67 bits per heavy atom. The van der Waals surface area contributed by atoms with Crippen LogP contribution in [0.15, 0.2) is 42.7 Å². The largest absolute Gasteiger partial charge is 0.348 e. The van der Waals surface area contributed by atoms with Crippen LogP contribution in [-0.4, -0.2) is 10.9 Å². The van der Waals surface area contributed by atoms with Crippen molar-refractivity contribution in [2.24, 2.45) is 0 Å². The number of pyridine rings is 1. The second-order valence-electron chi connectivity index (χ2n) is 3.65. The van der Waals surface area contributed by atoms with Crippen molar-refractivity contribution in [2.75, 3.05) is 0 Å². The van der Waals surface area contributed by atoms with Crippen LogP contribution >= 0.6 is 11.6 Å². The first kappa shape index (κ1) is 12.5.